The lowest BCUT2D eigenvalue weighted by Gasteiger charge is -2.07. The van der Waals surface area contributed by atoms with Crippen LogP contribution in [0.1, 0.15) is 20.7 Å². The summed E-state index contributed by atoms with van der Waals surface area (Å²) in [5.41, 5.74) is -3.17. The molecule has 0 aromatic heterocycles. The van der Waals surface area contributed by atoms with E-state index in [1.807, 2.05) is 0 Å². The van der Waals surface area contributed by atoms with Gasteiger partial charge in [-0.25, -0.2) is 18.4 Å². The number of aromatic carboxylic acids is 2. The van der Waals surface area contributed by atoms with Gasteiger partial charge in [0.05, 0.1) is 0 Å². The summed E-state index contributed by atoms with van der Waals surface area (Å²) in [5.74, 6) is -12.6. The minimum Gasteiger partial charge on any atom is -0.504 e. The maximum Gasteiger partial charge on any atom is 0.340 e. The summed E-state index contributed by atoms with van der Waals surface area (Å²) < 4.78 is 38.4. The fourth-order valence-corrected chi connectivity index (χ4v) is 1.06. The van der Waals surface area contributed by atoms with Crippen LogP contribution >= 0.6 is 0 Å². The lowest BCUT2D eigenvalue weighted by Crippen LogP contribution is -2.14. The van der Waals surface area contributed by atoms with Gasteiger partial charge in [0, 0.05) is 0 Å². The fraction of sp³-hybridized carbons (Fsp3) is 0. The van der Waals surface area contributed by atoms with E-state index in [4.69, 9.17) is 15.3 Å². The Morgan fingerprint density at radius 1 is 0.812 bits per heavy atom. The van der Waals surface area contributed by atoms with E-state index in [2.05, 4.69) is 0 Å². The highest BCUT2D eigenvalue weighted by Gasteiger charge is 2.32. The minimum atomic E-state index is -2.25. The largest absolute Gasteiger partial charge is 0.504 e. The third-order valence-corrected chi connectivity index (χ3v) is 1.73. The normalized spacial score (nSPS) is 10.2. The van der Waals surface area contributed by atoms with E-state index in [0.29, 0.717) is 0 Å². The highest BCUT2D eigenvalue weighted by atomic mass is 19.2. The molecule has 0 aliphatic carbocycles. The molecule has 0 fully saturated rings. The van der Waals surface area contributed by atoms with E-state index in [0.717, 1.165) is 0 Å². The number of aromatic hydroxyl groups is 1. The Bertz CT molecular complexity index is 452. The van der Waals surface area contributed by atoms with Gasteiger partial charge < -0.3 is 15.3 Å². The van der Waals surface area contributed by atoms with Crippen molar-refractivity contribution in [2.75, 3.05) is 0 Å². The Kier molecular flexibility index (Phi) is 2.75. The van der Waals surface area contributed by atoms with Crippen molar-refractivity contribution in [3.05, 3.63) is 28.6 Å². The molecule has 1 aromatic carbocycles. The number of hydrogen-bond donors (Lipinski definition) is 3. The van der Waals surface area contributed by atoms with Gasteiger partial charge in [-0.15, -0.1) is 0 Å². The number of carbonyl (C=O) groups is 2. The molecular weight excluding hydrogens is 233 g/mol. The van der Waals surface area contributed by atoms with Gasteiger partial charge in [0.1, 0.15) is 11.1 Å². The molecule has 0 amide bonds. The van der Waals surface area contributed by atoms with Crippen LogP contribution in [0.5, 0.6) is 5.75 Å². The lowest BCUT2D eigenvalue weighted by molar-refractivity contribution is 0.0641. The first-order valence-corrected chi connectivity index (χ1v) is 3.65. The van der Waals surface area contributed by atoms with Gasteiger partial charge in [0.15, 0.2) is 17.4 Å². The first-order valence-electron chi connectivity index (χ1n) is 3.65. The number of rotatable bonds is 2. The average Bonchev–Trinajstić information content (AvgIpc) is 2.18. The molecule has 0 saturated heterocycles. The predicted octanol–water partition coefficient (Wildman–Crippen LogP) is 1.21. The molecule has 0 unspecified atom stereocenters. The van der Waals surface area contributed by atoms with Gasteiger partial charge in [-0.1, -0.05) is 0 Å². The van der Waals surface area contributed by atoms with Gasteiger partial charge in [-0.3, -0.25) is 0 Å². The Morgan fingerprint density at radius 3 is 1.62 bits per heavy atom. The van der Waals surface area contributed by atoms with Crippen LogP contribution in [0.4, 0.5) is 13.2 Å². The molecule has 0 atom stereocenters. The van der Waals surface area contributed by atoms with Crippen molar-refractivity contribution < 1.29 is 38.1 Å². The van der Waals surface area contributed by atoms with E-state index >= 15 is 0 Å². The van der Waals surface area contributed by atoms with E-state index in [-0.39, 0.29) is 0 Å². The number of carboxylic acid groups (broad SMARTS) is 2. The van der Waals surface area contributed by atoms with E-state index in [1.165, 1.54) is 0 Å². The Labute approximate surface area is 85.4 Å². The van der Waals surface area contributed by atoms with Crippen molar-refractivity contribution in [3.8, 4) is 5.75 Å². The molecule has 86 valence electrons. The van der Waals surface area contributed by atoms with Crippen LogP contribution in [-0.2, 0) is 0 Å². The zero-order valence-corrected chi connectivity index (χ0v) is 7.29. The topological polar surface area (TPSA) is 94.8 Å². The minimum absolute atomic E-state index is 1.54. The van der Waals surface area contributed by atoms with Crippen LogP contribution in [0.25, 0.3) is 0 Å². The van der Waals surface area contributed by atoms with E-state index < -0.39 is 46.3 Å². The van der Waals surface area contributed by atoms with Crippen LogP contribution in [0, 0.1) is 17.5 Å². The summed E-state index contributed by atoms with van der Waals surface area (Å²) in [6, 6.07) is 0. The van der Waals surface area contributed by atoms with Crippen LogP contribution in [0.2, 0.25) is 0 Å². The van der Waals surface area contributed by atoms with Crippen molar-refractivity contribution in [2.45, 2.75) is 0 Å². The number of benzene rings is 1. The number of carboxylic acids is 2. The van der Waals surface area contributed by atoms with Crippen molar-refractivity contribution in [1.29, 1.82) is 0 Å². The van der Waals surface area contributed by atoms with E-state index in [9.17, 15) is 22.8 Å². The first-order chi connectivity index (χ1) is 7.29. The van der Waals surface area contributed by atoms with Gasteiger partial charge in [-0.2, -0.15) is 4.39 Å². The Morgan fingerprint density at radius 2 is 1.25 bits per heavy atom. The average molecular weight is 236 g/mol. The third-order valence-electron chi connectivity index (χ3n) is 1.73. The SMILES string of the molecule is O=C(O)c1c(O)c(F)c(F)c(F)c1C(=O)O. The highest BCUT2D eigenvalue weighted by Crippen LogP contribution is 2.30. The molecule has 8 heteroatoms. The second-order valence-electron chi connectivity index (χ2n) is 2.65. The number of hydrogen-bond acceptors (Lipinski definition) is 3. The molecule has 5 nitrogen and oxygen atoms in total. The summed E-state index contributed by atoms with van der Waals surface area (Å²) in [6.45, 7) is 0. The second-order valence-corrected chi connectivity index (χ2v) is 2.65. The molecule has 0 aliphatic rings. The van der Waals surface area contributed by atoms with Crippen LogP contribution < -0.4 is 0 Å². The summed E-state index contributed by atoms with van der Waals surface area (Å²) in [5, 5.41) is 25.8. The van der Waals surface area contributed by atoms with Crippen LogP contribution in [0.15, 0.2) is 0 Å². The maximum absolute atomic E-state index is 12.9. The van der Waals surface area contributed by atoms with Crippen molar-refractivity contribution in [1.82, 2.24) is 0 Å². The molecule has 0 spiro atoms. The molecule has 1 rings (SSSR count). The quantitative estimate of drug-likeness (QED) is 0.670. The molecule has 0 aliphatic heterocycles. The molecule has 1 aromatic rings. The van der Waals surface area contributed by atoms with Gasteiger partial charge in [0.25, 0.3) is 0 Å². The zero-order valence-electron chi connectivity index (χ0n) is 7.29. The number of halogens is 3. The Hall–Kier alpha value is -2.25. The summed E-state index contributed by atoms with van der Waals surface area (Å²) >= 11 is 0. The molecule has 0 radical (unpaired) electrons. The summed E-state index contributed by atoms with van der Waals surface area (Å²) in [7, 11) is 0. The van der Waals surface area contributed by atoms with Gasteiger partial charge in [0.2, 0.25) is 5.82 Å². The van der Waals surface area contributed by atoms with Gasteiger partial charge in [-0.05, 0) is 0 Å². The second kappa shape index (κ2) is 3.72. The Balaban J connectivity index is 3.83. The van der Waals surface area contributed by atoms with Crippen molar-refractivity contribution in [3.63, 3.8) is 0 Å². The highest BCUT2D eigenvalue weighted by molar-refractivity contribution is 6.03. The maximum atomic E-state index is 12.9. The standard InChI is InChI=1S/C8H3F3O5/c9-3-1(7(13)14)2(8(15)16)6(12)5(11)4(3)10/h12H,(H,13,14)(H,15,16). The summed E-state index contributed by atoms with van der Waals surface area (Å²) in [6.07, 6.45) is 0. The fourth-order valence-electron chi connectivity index (χ4n) is 1.06. The summed E-state index contributed by atoms with van der Waals surface area (Å²) in [4.78, 5) is 20.9. The smallest absolute Gasteiger partial charge is 0.340 e. The number of phenols is 1. The monoisotopic (exact) mass is 236 g/mol. The molecule has 0 heterocycles. The molecule has 3 N–H and O–H groups in total. The van der Waals surface area contributed by atoms with Crippen LogP contribution in [-0.4, -0.2) is 27.3 Å². The zero-order chi connectivity index (χ0) is 12.6. The molecule has 16 heavy (non-hydrogen) atoms. The van der Waals surface area contributed by atoms with E-state index in [1.54, 1.807) is 0 Å². The predicted molar refractivity (Wildman–Crippen MR) is 41.9 cm³/mol. The lowest BCUT2D eigenvalue weighted by atomic mass is 10.0. The third kappa shape index (κ3) is 1.53. The molecular formula is C8H3F3O5. The van der Waals surface area contributed by atoms with Gasteiger partial charge >= 0.3 is 11.9 Å². The first kappa shape index (κ1) is 11.8. The van der Waals surface area contributed by atoms with Crippen molar-refractivity contribution in [2.24, 2.45) is 0 Å². The van der Waals surface area contributed by atoms with Crippen molar-refractivity contribution >= 4 is 11.9 Å². The molecule has 0 saturated carbocycles. The molecule has 0 bridgehead atoms. The van der Waals surface area contributed by atoms with Crippen LogP contribution in [0.3, 0.4) is 0 Å².